The average Bonchev–Trinajstić information content (AvgIpc) is 2.65. The van der Waals surface area contributed by atoms with E-state index < -0.39 is 0 Å². The number of carbonyl (C=O) groups is 1. The summed E-state index contributed by atoms with van der Waals surface area (Å²) in [5.41, 5.74) is 0. The van der Waals surface area contributed by atoms with E-state index in [1.54, 1.807) is 0 Å². The normalized spacial score (nSPS) is 33.4. The summed E-state index contributed by atoms with van der Waals surface area (Å²) in [7, 11) is 0. The van der Waals surface area contributed by atoms with Gasteiger partial charge in [-0.2, -0.15) is 0 Å². The van der Waals surface area contributed by atoms with Crippen molar-refractivity contribution in [3.05, 3.63) is 0 Å². The Bertz CT molecular complexity index is 211. The van der Waals surface area contributed by atoms with E-state index in [9.17, 15) is 4.79 Å². The van der Waals surface area contributed by atoms with Crippen LogP contribution in [-0.2, 0) is 4.79 Å². The van der Waals surface area contributed by atoms with Crippen molar-refractivity contribution in [2.75, 3.05) is 26.2 Å². The predicted octanol–water partition coefficient (Wildman–Crippen LogP) is 0.854. The van der Waals surface area contributed by atoms with Gasteiger partial charge in [-0.25, -0.2) is 0 Å². The minimum Gasteiger partial charge on any atom is -0.342 e. The van der Waals surface area contributed by atoms with Gasteiger partial charge in [0.05, 0.1) is 5.92 Å². The third-order valence-corrected chi connectivity index (χ3v) is 3.50. The summed E-state index contributed by atoms with van der Waals surface area (Å²) in [5, 5.41) is 3.29. The minimum atomic E-state index is 0.244. The molecule has 0 radical (unpaired) electrons. The molecule has 2 fully saturated rings. The maximum atomic E-state index is 12.1. The number of hydrogen-bond acceptors (Lipinski definition) is 2. The fourth-order valence-corrected chi connectivity index (χ4v) is 2.49. The van der Waals surface area contributed by atoms with E-state index >= 15 is 0 Å². The van der Waals surface area contributed by atoms with Crippen molar-refractivity contribution in [1.82, 2.24) is 10.2 Å². The molecule has 0 spiro atoms. The Morgan fingerprint density at radius 2 is 1.93 bits per heavy atom. The summed E-state index contributed by atoms with van der Waals surface area (Å²) < 4.78 is 0. The third-order valence-electron chi connectivity index (χ3n) is 3.50. The van der Waals surface area contributed by atoms with Crippen molar-refractivity contribution >= 4 is 5.91 Å². The van der Waals surface area contributed by atoms with Crippen LogP contribution in [0.1, 0.15) is 26.2 Å². The molecular formula is C11H20N2O. The summed E-state index contributed by atoms with van der Waals surface area (Å²) in [6.45, 7) is 6.04. The standard InChI is InChI=1S/C11H20N2O/c1-9-7-12-8-10(9)11(14)13-5-3-2-4-6-13/h9-10,12H,2-8H2,1H3. The summed E-state index contributed by atoms with van der Waals surface area (Å²) in [4.78, 5) is 14.2. The molecule has 3 nitrogen and oxygen atoms in total. The quantitative estimate of drug-likeness (QED) is 0.674. The molecule has 0 aromatic carbocycles. The molecule has 0 bridgehead atoms. The molecule has 2 unspecified atom stereocenters. The number of piperidine rings is 1. The first-order valence-corrected chi connectivity index (χ1v) is 5.78. The highest BCUT2D eigenvalue weighted by molar-refractivity contribution is 5.79. The van der Waals surface area contributed by atoms with Gasteiger partial charge >= 0.3 is 0 Å². The summed E-state index contributed by atoms with van der Waals surface area (Å²) in [6.07, 6.45) is 3.68. The van der Waals surface area contributed by atoms with Crippen molar-refractivity contribution in [3.8, 4) is 0 Å². The lowest BCUT2D eigenvalue weighted by atomic mass is 9.95. The maximum absolute atomic E-state index is 12.1. The Hall–Kier alpha value is -0.570. The zero-order valence-corrected chi connectivity index (χ0v) is 8.96. The lowest BCUT2D eigenvalue weighted by Gasteiger charge is -2.30. The molecule has 0 saturated carbocycles. The monoisotopic (exact) mass is 196 g/mol. The van der Waals surface area contributed by atoms with E-state index in [1.165, 1.54) is 19.3 Å². The van der Waals surface area contributed by atoms with Crippen LogP contribution in [0, 0.1) is 11.8 Å². The fourth-order valence-electron chi connectivity index (χ4n) is 2.49. The van der Waals surface area contributed by atoms with Crippen LogP contribution >= 0.6 is 0 Å². The van der Waals surface area contributed by atoms with E-state index in [4.69, 9.17) is 0 Å². The molecule has 2 aliphatic rings. The van der Waals surface area contributed by atoms with E-state index in [1.807, 2.05) is 0 Å². The van der Waals surface area contributed by atoms with Gasteiger partial charge in [0.25, 0.3) is 0 Å². The summed E-state index contributed by atoms with van der Waals surface area (Å²) in [5.74, 6) is 1.15. The molecule has 2 rings (SSSR count). The van der Waals surface area contributed by atoms with Crippen LogP contribution in [0.15, 0.2) is 0 Å². The van der Waals surface area contributed by atoms with Crippen LogP contribution in [0.25, 0.3) is 0 Å². The number of nitrogens with zero attached hydrogens (tertiary/aromatic N) is 1. The van der Waals surface area contributed by atoms with Gasteiger partial charge in [-0.15, -0.1) is 0 Å². The lowest BCUT2D eigenvalue weighted by Crippen LogP contribution is -2.41. The molecule has 0 aliphatic carbocycles. The van der Waals surface area contributed by atoms with Gasteiger partial charge in [-0.05, 0) is 31.7 Å². The molecule has 0 aromatic rings. The molecule has 2 heterocycles. The van der Waals surface area contributed by atoms with Crippen molar-refractivity contribution in [3.63, 3.8) is 0 Å². The average molecular weight is 196 g/mol. The fraction of sp³-hybridized carbons (Fsp3) is 0.909. The Morgan fingerprint density at radius 1 is 1.21 bits per heavy atom. The smallest absolute Gasteiger partial charge is 0.227 e. The first kappa shape index (κ1) is 9.97. The van der Waals surface area contributed by atoms with E-state index in [2.05, 4.69) is 17.1 Å². The second-order valence-corrected chi connectivity index (χ2v) is 4.63. The van der Waals surface area contributed by atoms with Gasteiger partial charge in [0.15, 0.2) is 0 Å². The first-order valence-electron chi connectivity index (χ1n) is 5.78. The topological polar surface area (TPSA) is 32.3 Å². The Kier molecular flexibility index (Phi) is 3.06. The van der Waals surface area contributed by atoms with Gasteiger partial charge in [0.2, 0.25) is 5.91 Å². The van der Waals surface area contributed by atoms with Crippen LogP contribution in [0.4, 0.5) is 0 Å². The molecule has 3 heteroatoms. The van der Waals surface area contributed by atoms with Crippen LogP contribution in [0.3, 0.4) is 0 Å². The Morgan fingerprint density at radius 3 is 2.50 bits per heavy atom. The van der Waals surface area contributed by atoms with Gasteiger partial charge < -0.3 is 10.2 Å². The highest BCUT2D eigenvalue weighted by Gasteiger charge is 2.32. The van der Waals surface area contributed by atoms with Crippen molar-refractivity contribution in [1.29, 1.82) is 0 Å². The van der Waals surface area contributed by atoms with Crippen molar-refractivity contribution in [2.24, 2.45) is 11.8 Å². The molecule has 80 valence electrons. The van der Waals surface area contributed by atoms with Gasteiger partial charge in [0, 0.05) is 19.6 Å². The van der Waals surface area contributed by atoms with Crippen molar-refractivity contribution < 1.29 is 4.79 Å². The zero-order chi connectivity index (χ0) is 9.97. The molecule has 1 N–H and O–H groups in total. The molecule has 2 atom stereocenters. The van der Waals surface area contributed by atoms with Gasteiger partial charge in [-0.3, -0.25) is 4.79 Å². The number of carbonyl (C=O) groups excluding carboxylic acids is 1. The zero-order valence-electron chi connectivity index (χ0n) is 8.96. The van der Waals surface area contributed by atoms with Crippen LogP contribution in [0.5, 0.6) is 0 Å². The van der Waals surface area contributed by atoms with Crippen molar-refractivity contribution in [2.45, 2.75) is 26.2 Å². The number of nitrogens with one attached hydrogen (secondary N) is 1. The highest BCUT2D eigenvalue weighted by atomic mass is 16.2. The minimum absolute atomic E-state index is 0.244. The molecule has 2 saturated heterocycles. The summed E-state index contributed by atoms with van der Waals surface area (Å²) in [6, 6.07) is 0. The third kappa shape index (κ3) is 1.92. The predicted molar refractivity (Wildman–Crippen MR) is 56.0 cm³/mol. The van der Waals surface area contributed by atoms with Gasteiger partial charge in [-0.1, -0.05) is 6.92 Å². The number of hydrogen-bond donors (Lipinski definition) is 1. The molecule has 1 amide bonds. The van der Waals surface area contributed by atoms with Crippen LogP contribution in [-0.4, -0.2) is 37.0 Å². The molecular weight excluding hydrogens is 176 g/mol. The van der Waals surface area contributed by atoms with E-state index in [0.29, 0.717) is 11.8 Å². The molecule has 0 aromatic heterocycles. The maximum Gasteiger partial charge on any atom is 0.227 e. The first-order chi connectivity index (χ1) is 6.79. The SMILES string of the molecule is CC1CNCC1C(=O)N1CCCCC1. The van der Waals surface area contributed by atoms with E-state index in [0.717, 1.165) is 26.2 Å². The highest BCUT2D eigenvalue weighted by Crippen LogP contribution is 2.20. The largest absolute Gasteiger partial charge is 0.342 e. The number of amides is 1. The van der Waals surface area contributed by atoms with E-state index in [-0.39, 0.29) is 5.92 Å². The Labute approximate surface area is 85.8 Å². The Balaban J connectivity index is 1.92. The second-order valence-electron chi connectivity index (χ2n) is 4.63. The van der Waals surface area contributed by atoms with Crippen LogP contribution in [0.2, 0.25) is 0 Å². The molecule has 2 aliphatic heterocycles. The van der Waals surface area contributed by atoms with Crippen LogP contribution < -0.4 is 5.32 Å². The number of likely N-dealkylation sites (tertiary alicyclic amines) is 1. The lowest BCUT2D eigenvalue weighted by molar-refractivity contribution is -0.136. The molecule has 14 heavy (non-hydrogen) atoms. The van der Waals surface area contributed by atoms with Gasteiger partial charge in [0.1, 0.15) is 0 Å². The summed E-state index contributed by atoms with van der Waals surface area (Å²) >= 11 is 0. The second kappa shape index (κ2) is 4.30. The number of rotatable bonds is 1.